The minimum absolute atomic E-state index is 0.0463. The van der Waals surface area contributed by atoms with Crippen molar-refractivity contribution in [3.05, 3.63) is 42.5 Å². The number of aliphatic carboxylic acids is 1. The first-order chi connectivity index (χ1) is 11.1. The molecule has 0 bridgehead atoms. The molecule has 3 aromatic rings. The number of aromatic nitrogens is 3. The second kappa shape index (κ2) is 6.27. The number of carbonyl (C=O) groups is 2. The zero-order chi connectivity index (χ0) is 16.2. The van der Waals surface area contributed by atoms with E-state index in [4.69, 9.17) is 5.11 Å². The number of H-pyrrole nitrogens is 1. The largest absolute Gasteiger partial charge is 0.481 e. The summed E-state index contributed by atoms with van der Waals surface area (Å²) in [5, 5.41) is 22.0. The Labute approximate surface area is 131 Å². The van der Waals surface area contributed by atoms with Crippen molar-refractivity contribution < 1.29 is 14.7 Å². The van der Waals surface area contributed by atoms with Gasteiger partial charge in [0.25, 0.3) is 0 Å². The van der Waals surface area contributed by atoms with Crippen LogP contribution in [0.5, 0.6) is 0 Å². The number of benzene rings is 2. The molecule has 116 valence electrons. The van der Waals surface area contributed by atoms with Crippen molar-refractivity contribution in [2.24, 2.45) is 0 Å². The Kier molecular flexibility index (Phi) is 4.01. The molecule has 0 aliphatic heterocycles. The van der Waals surface area contributed by atoms with Gasteiger partial charge in [-0.3, -0.25) is 9.59 Å². The maximum atomic E-state index is 11.6. The van der Waals surface area contributed by atoms with Gasteiger partial charge in [0, 0.05) is 17.7 Å². The number of hydrogen-bond donors (Lipinski definition) is 3. The number of carboxylic acid groups (broad SMARTS) is 1. The van der Waals surface area contributed by atoms with Crippen molar-refractivity contribution in [2.75, 3.05) is 5.32 Å². The fourth-order valence-electron chi connectivity index (χ4n) is 2.28. The van der Waals surface area contributed by atoms with Gasteiger partial charge < -0.3 is 10.4 Å². The number of nitrogens with zero attached hydrogens (tertiary/aromatic N) is 2. The van der Waals surface area contributed by atoms with Gasteiger partial charge in [-0.05, 0) is 23.8 Å². The number of para-hydroxylation sites is 1. The van der Waals surface area contributed by atoms with Crippen LogP contribution in [0.4, 0.5) is 5.69 Å². The number of carboxylic acids is 1. The standard InChI is InChI=1S/C16H14N4O3/c21-14(8-9-15(22)23)17-11-6-4-10(5-7-11)12-2-1-3-13-16(12)19-20-18-13/h1-7H,8-9H2,(H,17,21)(H,22,23)(H,18,19,20). The number of anilines is 1. The fourth-order valence-corrected chi connectivity index (χ4v) is 2.28. The van der Waals surface area contributed by atoms with E-state index in [-0.39, 0.29) is 18.7 Å². The van der Waals surface area contributed by atoms with Crippen LogP contribution in [0, 0.1) is 0 Å². The lowest BCUT2D eigenvalue weighted by atomic mass is 10.0. The molecule has 1 aromatic heterocycles. The summed E-state index contributed by atoms with van der Waals surface area (Å²) in [6.45, 7) is 0. The molecule has 0 saturated heterocycles. The van der Waals surface area contributed by atoms with E-state index in [1.807, 2.05) is 30.3 Å². The average molecular weight is 310 g/mol. The second-order valence-corrected chi connectivity index (χ2v) is 5.02. The predicted octanol–water partition coefficient (Wildman–Crippen LogP) is 2.43. The predicted molar refractivity (Wildman–Crippen MR) is 84.8 cm³/mol. The molecule has 0 fully saturated rings. The van der Waals surface area contributed by atoms with E-state index < -0.39 is 5.97 Å². The highest BCUT2D eigenvalue weighted by Crippen LogP contribution is 2.27. The molecule has 2 aromatic carbocycles. The van der Waals surface area contributed by atoms with Gasteiger partial charge in [0.15, 0.2) is 0 Å². The summed E-state index contributed by atoms with van der Waals surface area (Å²) in [6, 6.07) is 13.0. The first-order valence-electron chi connectivity index (χ1n) is 7.05. The Morgan fingerprint density at radius 1 is 1.04 bits per heavy atom. The second-order valence-electron chi connectivity index (χ2n) is 5.02. The number of fused-ring (bicyclic) bond motifs is 1. The van der Waals surface area contributed by atoms with Crippen LogP contribution < -0.4 is 5.32 Å². The summed E-state index contributed by atoms with van der Waals surface area (Å²) in [5.74, 6) is -1.31. The van der Waals surface area contributed by atoms with E-state index in [2.05, 4.69) is 20.7 Å². The molecule has 0 aliphatic carbocycles. The lowest BCUT2D eigenvalue weighted by Gasteiger charge is -2.06. The van der Waals surface area contributed by atoms with E-state index in [1.165, 1.54) is 0 Å². The quantitative estimate of drug-likeness (QED) is 0.670. The molecule has 1 heterocycles. The number of hydrogen-bond acceptors (Lipinski definition) is 4. The first kappa shape index (κ1) is 14.7. The van der Waals surface area contributed by atoms with E-state index in [0.717, 1.165) is 22.2 Å². The van der Waals surface area contributed by atoms with Crippen molar-refractivity contribution >= 4 is 28.6 Å². The number of nitrogens with one attached hydrogen (secondary N) is 2. The van der Waals surface area contributed by atoms with Crippen molar-refractivity contribution in [1.82, 2.24) is 15.4 Å². The van der Waals surface area contributed by atoms with Gasteiger partial charge in [-0.15, -0.1) is 0 Å². The Bertz CT molecular complexity index is 855. The van der Waals surface area contributed by atoms with Crippen LogP contribution in [0.25, 0.3) is 22.2 Å². The molecular formula is C16H14N4O3. The molecule has 0 atom stereocenters. The van der Waals surface area contributed by atoms with E-state index in [1.54, 1.807) is 12.1 Å². The third kappa shape index (κ3) is 3.34. The molecule has 0 saturated carbocycles. The van der Waals surface area contributed by atoms with Crippen molar-refractivity contribution in [2.45, 2.75) is 12.8 Å². The zero-order valence-corrected chi connectivity index (χ0v) is 12.1. The minimum Gasteiger partial charge on any atom is -0.481 e. The number of rotatable bonds is 5. The highest BCUT2D eigenvalue weighted by molar-refractivity contribution is 5.94. The Morgan fingerprint density at radius 2 is 1.83 bits per heavy atom. The molecule has 0 aliphatic rings. The van der Waals surface area contributed by atoms with Gasteiger partial charge in [0.05, 0.1) is 6.42 Å². The molecule has 7 nitrogen and oxygen atoms in total. The average Bonchev–Trinajstić information content (AvgIpc) is 3.02. The zero-order valence-electron chi connectivity index (χ0n) is 12.1. The SMILES string of the molecule is O=C(O)CCC(=O)Nc1ccc(-c2cccc3n[nH]nc23)cc1. The summed E-state index contributed by atoms with van der Waals surface area (Å²) < 4.78 is 0. The third-order valence-electron chi connectivity index (χ3n) is 3.39. The normalized spacial score (nSPS) is 10.6. The van der Waals surface area contributed by atoms with Crippen LogP contribution in [0.1, 0.15) is 12.8 Å². The summed E-state index contributed by atoms with van der Waals surface area (Å²) in [4.78, 5) is 22.1. The number of carbonyl (C=O) groups excluding carboxylic acids is 1. The van der Waals surface area contributed by atoms with Crippen LogP contribution in [-0.4, -0.2) is 32.4 Å². The van der Waals surface area contributed by atoms with Gasteiger partial charge in [-0.2, -0.15) is 15.4 Å². The van der Waals surface area contributed by atoms with Crippen molar-refractivity contribution in [1.29, 1.82) is 0 Å². The molecule has 7 heteroatoms. The van der Waals surface area contributed by atoms with Crippen LogP contribution in [0.2, 0.25) is 0 Å². The molecule has 0 unspecified atom stereocenters. The Morgan fingerprint density at radius 3 is 2.57 bits per heavy atom. The topological polar surface area (TPSA) is 108 Å². The van der Waals surface area contributed by atoms with Crippen LogP contribution >= 0.6 is 0 Å². The van der Waals surface area contributed by atoms with Gasteiger partial charge in [0.2, 0.25) is 5.91 Å². The molecule has 3 rings (SSSR count). The summed E-state index contributed by atoms with van der Waals surface area (Å²) in [6.07, 6.45) is -0.229. The molecule has 0 radical (unpaired) electrons. The third-order valence-corrected chi connectivity index (χ3v) is 3.39. The molecule has 3 N–H and O–H groups in total. The summed E-state index contributed by atoms with van der Waals surface area (Å²) >= 11 is 0. The summed E-state index contributed by atoms with van der Waals surface area (Å²) in [7, 11) is 0. The number of amides is 1. The van der Waals surface area contributed by atoms with E-state index >= 15 is 0 Å². The lowest BCUT2D eigenvalue weighted by Crippen LogP contribution is -2.13. The highest BCUT2D eigenvalue weighted by atomic mass is 16.4. The van der Waals surface area contributed by atoms with Crippen molar-refractivity contribution in [3.8, 4) is 11.1 Å². The highest BCUT2D eigenvalue weighted by Gasteiger charge is 2.08. The Balaban J connectivity index is 1.76. The molecule has 23 heavy (non-hydrogen) atoms. The van der Waals surface area contributed by atoms with E-state index in [0.29, 0.717) is 5.69 Å². The van der Waals surface area contributed by atoms with Crippen LogP contribution in [-0.2, 0) is 9.59 Å². The van der Waals surface area contributed by atoms with Crippen molar-refractivity contribution in [3.63, 3.8) is 0 Å². The first-order valence-corrected chi connectivity index (χ1v) is 7.05. The fraction of sp³-hybridized carbons (Fsp3) is 0.125. The molecule has 0 spiro atoms. The molecular weight excluding hydrogens is 296 g/mol. The maximum Gasteiger partial charge on any atom is 0.303 e. The number of aromatic amines is 1. The van der Waals surface area contributed by atoms with Gasteiger partial charge in [-0.1, -0.05) is 24.3 Å². The monoisotopic (exact) mass is 310 g/mol. The van der Waals surface area contributed by atoms with E-state index in [9.17, 15) is 9.59 Å². The smallest absolute Gasteiger partial charge is 0.303 e. The van der Waals surface area contributed by atoms with Gasteiger partial charge in [-0.25, -0.2) is 0 Å². The van der Waals surface area contributed by atoms with Crippen LogP contribution in [0.15, 0.2) is 42.5 Å². The van der Waals surface area contributed by atoms with Gasteiger partial charge in [0.1, 0.15) is 11.0 Å². The summed E-state index contributed by atoms with van der Waals surface area (Å²) in [5.41, 5.74) is 4.09. The maximum absolute atomic E-state index is 11.6. The Hall–Kier alpha value is -3.22. The molecule has 1 amide bonds. The van der Waals surface area contributed by atoms with Crippen LogP contribution in [0.3, 0.4) is 0 Å². The van der Waals surface area contributed by atoms with Gasteiger partial charge >= 0.3 is 5.97 Å². The minimum atomic E-state index is -0.990. The lowest BCUT2D eigenvalue weighted by molar-refractivity contribution is -0.138.